The van der Waals surface area contributed by atoms with Crippen molar-refractivity contribution in [3.8, 4) is 5.75 Å². The topological polar surface area (TPSA) is 48.9 Å². The zero-order valence-corrected chi connectivity index (χ0v) is 20.7. The Kier molecular flexibility index (Phi) is 13.0. The molecule has 2 rings (SSSR count). The van der Waals surface area contributed by atoms with E-state index in [1.165, 1.54) is 11.1 Å². The maximum absolute atomic E-state index is 5.73. The SMILES string of the molecule is C=C(C)CN1CCC(NC(=NCCc2cccc(OCCC)c2)NCC)CC1.I. The summed E-state index contributed by atoms with van der Waals surface area (Å²) in [6, 6.07) is 8.85. The number of hydrogen-bond acceptors (Lipinski definition) is 3. The summed E-state index contributed by atoms with van der Waals surface area (Å²) in [4.78, 5) is 7.27. The maximum Gasteiger partial charge on any atom is 0.191 e. The summed E-state index contributed by atoms with van der Waals surface area (Å²) < 4.78 is 5.73. The van der Waals surface area contributed by atoms with E-state index in [1.807, 2.05) is 6.07 Å². The number of ether oxygens (including phenoxy) is 1. The van der Waals surface area contributed by atoms with Gasteiger partial charge in [0, 0.05) is 38.8 Å². The number of hydrogen-bond donors (Lipinski definition) is 2. The fourth-order valence-corrected chi connectivity index (χ4v) is 3.44. The highest BCUT2D eigenvalue weighted by atomic mass is 127. The first-order valence-electron chi connectivity index (χ1n) is 10.7. The lowest BCUT2D eigenvalue weighted by Crippen LogP contribution is -2.48. The average Bonchev–Trinajstić information content (AvgIpc) is 2.68. The molecule has 1 aromatic rings. The van der Waals surface area contributed by atoms with Gasteiger partial charge in [0.15, 0.2) is 5.96 Å². The van der Waals surface area contributed by atoms with Crippen molar-refractivity contribution in [1.29, 1.82) is 0 Å². The lowest BCUT2D eigenvalue weighted by Gasteiger charge is -2.33. The van der Waals surface area contributed by atoms with Crippen molar-refractivity contribution in [2.45, 2.75) is 52.5 Å². The van der Waals surface area contributed by atoms with Gasteiger partial charge in [0.25, 0.3) is 0 Å². The Morgan fingerprint density at radius 2 is 2.03 bits per heavy atom. The number of piperidine rings is 1. The van der Waals surface area contributed by atoms with Crippen LogP contribution < -0.4 is 15.4 Å². The average molecular weight is 514 g/mol. The Labute approximate surface area is 194 Å². The van der Waals surface area contributed by atoms with Gasteiger partial charge < -0.3 is 15.4 Å². The maximum atomic E-state index is 5.73. The van der Waals surface area contributed by atoms with E-state index in [2.05, 4.69) is 61.1 Å². The number of nitrogens with one attached hydrogen (secondary N) is 2. The predicted molar refractivity (Wildman–Crippen MR) is 135 cm³/mol. The fraction of sp³-hybridized carbons (Fsp3) is 0.609. The van der Waals surface area contributed by atoms with Crippen molar-refractivity contribution in [1.82, 2.24) is 15.5 Å². The lowest BCUT2D eigenvalue weighted by molar-refractivity contribution is 0.221. The van der Waals surface area contributed by atoms with E-state index in [4.69, 9.17) is 9.73 Å². The molecule has 29 heavy (non-hydrogen) atoms. The number of aliphatic imine (C=N–C) groups is 1. The van der Waals surface area contributed by atoms with E-state index in [0.717, 1.165) is 76.7 Å². The molecule has 0 spiro atoms. The standard InChI is InChI=1S/C23H38N4O.HI/c1-5-16-28-22-9-7-8-20(17-22)10-13-25-23(24-6-2)26-21-11-14-27(15-12-21)18-19(3)4;/h7-9,17,21H,3,5-6,10-16,18H2,1-2,4H3,(H2,24,25,26);1H. The van der Waals surface area contributed by atoms with Gasteiger partial charge in [-0.15, -0.1) is 24.0 Å². The number of benzene rings is 1. The molecule has 0 amide bonds. The Hall–Kier alpha value is -1.28. The lowest BCUT2D eigenvalue weighted by atomic mass is 10.0. The first-order valence-corrected chi connectivity index (χ1v) is 10.7. The van der Waals surface area contributed by atoms with Gasteiger partial charge in [-0.05, 0) is 57.2 Å². The van der Waals surface area contributed by atoms with Crippen LogP contribution in [0.15, 0.2) is 41.4 Å². The molecule has 1 aliphatic rings. The summed E-state index contributed by atoms with van der Waals surface area (Å²) in [7, 11) is 0. The Morgan fingerprint density at radius 1 is 1.28 bits per heavy atom. The molecule has 5 nitrogen and oxygen atoms in total. The van der Waals surface area contributed by atoms with E-state index < -0.39 is 0 Å². The van der Waals surface area contributed by atoms with Gasteiger partial charge in [0.2, 0.25) is 0 Å². The minimum atomic E-state index is 0. The normalized spacial score (nSPS) is 15.5. The van der Waals surface area contributed by atoms with Crippen molar-refractivity contribution >= 4 is 29.9 Å². The molecule has 0 aliphatic carbocycles. The molecule has 0 bridgehead atoms. The van der Waals surface area contributed by atoms with Gasteiger partial charge in [-0.1, -0.05) is 31.2 Å². The van der Waals surface area contributed by atoms with Crippen molar-refractivity contribution in [3.05, 3.63) is 42.0 Å². The molecule has 0 unspecified atom stereocenters. The molecular weight excluding hydrogens is 475 g/mol. The second-order valence-corrected chi connectivity index (χ2v) is 7.66. The molecule has 1 aromatic carbocycles. The Balaban J connectivity index is 0.00000420. The minimum Gasteiger partial charge on any atom is -0.494 e. The van der Waals surface area contributed by atoms with E-state index in [1.54, 1.807) is 0 Å². The molecule has 1 heterocycles. The van der Waals surface area contributed by atoms with E-state index >= 15 is 0 Å². The quantitative estimate of drug-likeness (QED) is 0.212. The van der Waals surface area contributed by atoms with Crippen LogP contribution in [0.5, 0.6) is 5.75 Å². The molecule has 0 saturated carbocycles. The second kappa shape index (κ2) is 14.7. The van der Waals surface area contributed by atoms with Crippen LogP contribution in [0.25, 0.3) is 0 Å². The molecular formula is C23H39IN4O. The van der Waals surface area contributed by atoms with Gasteiger partial charge >= 0.3 is 0 Å². The highest BCUT2D eigenvalue weighted by molar-refractivity contribution is 14.0. The summed E-state index contributed by atoms with van der Waals surface area (Å²) in [5.41, 5.74) is 2.51. The van der Waals surface area contributed by atoms with E-state index in [9.17, 15) is 0 Å². The van der Waals surface area contributed by atoms with Crippen molar-refractivity contribution < 1.29 is 4.74 Å². The molecule has 6 heteroatoms. The third-order valence-corrected chi connectivity index (χ3v) is 4.81. The molecule has 0 radical (unpaired) electrons. The minimum absolute atomic E-state index is 0. The van der Waals surface area contributed by atoms with E-state index in [-0.39, 0.29) is 24.0 Å². The van der Waals surface area contributed by atoms with Gasteiger partial charge in [-0.3, -0.25) is 9.89 Å². The van der Waals surface area contributed by atoms with Crippen molar-refractivity contribution in [3.63, 3.8) is 0 Å². The van der Waals surface area contributed by atoms with Crippen LogP contribution >= 0.6 is 24.0 Å². The van der Waals surface area contributed by atoms with Crippen LogP contribution in [0.3, 0.4) is 0 Å². The number of nitrogens with zero attached hydrogens (tertiary/aromatic N) is 2. The van der Waals surface area contributed by atoms with Gasteiger partial charge in [0.05, 0.1) is 6.61 Å². The summed E-state index contributed by atoms with van der Waals surface area (Å²) in [5.74, 6) is 1.88. The molecule has 1 aliphatic heterocycles. The zero-order valence-electron chi connectivity index (χ0n) is 18.4. The van der Waals surface area contributed by atoms with Gasteiger partial charge in [-0.25, -0.2) is 0 Å². The third-order valence-electron chi connectivity index (χ3n) is 4.81. The first-order chi connectivity index (χ1) is 13.6. The van der Waals surface area contributed by atoms with Crippen LogP contribution in [0.2, 0.25) is 0 Å². The smallest absolute Gasteiger partial charge is 0.191 e. The zero-order chi connectivity index (χ0) is 20.2. The molecule has 1 fully saturated rings. The fourth-order valence-electron chi connectivity index (χ4n) is 3.44. The third kappa shape index (κ3) is 10.3. The highest BCUT2D eigenvalue weighted by Crippen LogP contribution is 2.14. The monoisotopic (exact) mass is 514 g/mol. The molecule has 0 atom stereocenters. The first kappa shape index (κ1) is 25.8. The molecule has 2 N–H and O–H groups in total. The van der Waals surface area contributed by atoms with Gasteiger partial charge in [0.1, 0.15) is 5.75 Å². The summed E-state index contributed by atoms with van der Waals surface area (Å²) in [6.45, 7) is 16.0. The highest BCUT2D eigenvalue weighted by Gasteiger charge is 2.19. The van der Waals surface area contributed by atoms with Crippen LogP contribution in [0.4, 0.5) is 0 Å². The summed E-state index contributed by atoms with van der Waals surface area (Å²) >= 11 is 0. The Morgan fingerprint density at radius 3 is 2.69 bits per heavy atom. The second-order valence-electron chi connectivity index (χ2n) is 7.66. The Bertz CT molecular complexity index is 627. The van der Waals surface area contributed by atoms with Crippen molar-refractivity contribution in [2.24, 2.45) is 4.99 Å². The van der Waals surface area contributed by atoms with Crippen LogP contribution in [-0.2, 0) is 6.42 Å². The van der Waals surface area contributed by atoms with Gasteiger partial charge in [-0.2, -0.15) is 0 Å². The predicted octanol–water partition coefficient (Wildman–Crippen LogP) is 4.23. The van der Waals surface area contributed by atoms with Crippen LogP contribution in [-0.4, -0.2) is 56.2 Å². The molecule has 0 aromatic heterocycles. The number of halogens is 1. The number of rotatable bonds is 10. The number of likely N-dealkylation sites (tertiary alicyclic amines) is 1. The van der Waals surface area contributed by atoms with Crippen LogP contribution in [0, 0.1) is 0 Å². The number of guanidine groups is 1. The molecule has 1 saturated heterocycles. The largest absolute Gasteiger partial charge is 0.494 e. The van der Waals surface area contributed by atoms with E-state index in [0.29, 0.717) is 6.04 Å². The summed E-state index contributed by atoms with van der Waals surface area (Å²) in [5, 5.41) is 7.01. The van der Waals surface area contributed by atoms with Crippen LogP contribution in [0.1, 0.15) is 45.6 Å². The molecule has 164 valence electrons. The summed E-state index contributed by atoms with van der Waals surface area (Å²) in [6.07, 6.45) is 4.23. The van der Waals surface area contributed by atoms with Crippen molar-refractivity contribution in [2.75, 3.05) is 39.3 Å².